The number of rotatable bonds is 9. The number of carbonyl (C=O) groups is 1. The normalized spacial score (nSPS) is 11.8. The Labute approximate surface area is 226 Å². The summed E-state index contributed by atoms with van der Waals surface area (Å²) in [5.74, 6) is 0.479. The SMILES string of the molecule is O=C(CCc1ccccc1-c1cccc(OCc2ccc3ccc(Cl)cc3n2)c1)NS(=O)c1cccs1. The van der Waals surface area contributed by atoms with Gasteiger partial charge in [-0.1, -0.05) is 66.2 Å². The molecule has 0 spiro atoms. The lowest BCUT2D eigenvalue weighted by molar-refractivity contribution is -0.119. The average molecular weight is 547 g/mol. The number of pyridine rings is 1. The van der Waals surface area contributed by atoms with Crippen molar-refractivity contribution in [1.29, 1.82) is 0 Å². The third-order valence-corrected chi connectivity index (χ3v) is 8.32. The highest BCUT2D eigenvalue weighted by Gasteiger charge is 2.12. The quantitative estimate of drug-likeness (QED) is 0.217. The summed E-state index contributed by atoms with van der Waals surface area (Å²) < 4.78 is 21.5. The van der Waals surface area contributed by atoms with Crippen LogP contribution in [-0.4, -0.2) is 15.1 Å². The van der Waals surface area contributed by atoms with Crippen LogP contribution in [0.15, 0.2) is 101 Å². The second-order valence-electron chi connectivity index (χ2n) is 8.34. The first-order valence-corrected chi connectivity index (χ1v) is 14.1. The predicted molar refractivity (Wildman–Crippen MR) is 150 cm³/mol. The van der Waals surface area contributed by atoms with Gasteiger partial charge in [-0.15, -0.1) is 11.3 Å². The molecule has 5 nitrogen and oxygen atoms in total. The van der Waals surface area contributed by atoms with Gasteiger partial charge in [0.2, 0.25) is 5.91 Å². The van der Waals surface area contributed by atoms with Crippen LogP contribution in [0.5, 0.6) is 5.75 Å². The Hall–Kier alpha value is -3.52. The number of nitrogens with zero attached hydrogens (tertiary/aromatic N) is 1. The third-order valence-electron chi connectivity index (χ3n) is 5.77. The molecule has 0 aliphatic rings. The van der Waals surface area contributed by atoms with Crippen LogP contribution in [0.3, 0.4) is 0 Å². The summed E-state index contributed by atoms with van der Waals surface area (Å²) in [5, 5.41) is 3.51. The third kappa shape index (κ3) is 6.43. The zero-order valence-corrected chi connectivity index (χ0v) is 22.1. The van der Waals surface area contributed by atoms with E-state index in [1.807, 2.05) is 90.3 Å². The van der Waals surface area contributed by atoms with E-state index in [-0.39, 0.29) is 12.3 Å². The molecule has 2 aromatic heterocycles. The highest BCUT2D eigenvalue weighted by atomic mass is 35.5. The second-order valence-corrected chi connectivity index (χ2v) is 11.2. The lowest BCUT2D eigenvalue weighted by Gasteiger charge is -2.12. The molecule has 1 amide bonds. The van der Waals surface area contributed by atoms with Gasteiger partial charge in [-0.05, 0) is 64.9 Å². The standard InChI is InChI=1S/C29H23ClN2O3S2/c30-23-13-10-21-11-14-24(31-27(21)18-23)19-35-25-7-3-6-22(17-25)26-8-2-1-5-20(26)12-15-28(33)32-37(34)29-9-4-16-36-29/h1-11,13-14,16-18H,12,15,19H2,(H,32,33). The molecule has 0 saturated carbocycles. The van der Waals surface area contributed by atoms with Crippen LogP contribution in [0.2, 0.25) is 5.02 Å². The molecular weight excluding hydrogens is 524 g/mol. The molecule has 0 bridgehead atoms. The van der Waals surface area contributed by atoms with Crippen LogP contribution >= 0.6 is 22.9 Å². The molecule has 8 heteroatoms. The zero-order chi connectivity index (χ0) is 25.6. The molecule has 0 fully saturated rings. The first kappa shape index (κ1) is 25.1. The molecule has 5 rings (SSSR count). The van der Waals surface area contributed by atoms with Gasteiger partial charge in [-0.25, -0.2) is 9.19 Å². The fraction of sp³-hybridized carbons (Fsp3) is 0.103. The minimum atomic E-state index is -1.52. The Morgan fingerprint density at radius 1 is 0.973 bits per heavy atom. The smallest absolute Gasteiger partial charge is 0.232 e. The molecular formula is C29H23ClN2O3S2. The molecule has 2 heterocycles. The summed E-state index contributed by atoms with van der Waals surface area (Å²) in [6.07, 6.45) is 0.764. The van der Waals surface area contributed by atoms with Crippen LogP contribution in [0.25, 0.3) is 22.0 Å². The van der Waals surface area contributed by atoms with E-state index >= 15 is 0 Å². The zero-order valence-electron chi connectivity index (χ0n) is 19.7. The number of nitrogens with one attached hydrogen (secondary N) is 1. The minimum Gasteiger partial charge on any atom is -0.487 e. The topological polar surface area (TPSA) is 68.3 Å². The molecule has 0 radical (unpaired) electrons. The van der Waals surface area contributed by atoms with Gasteiger partial charge in [-0.2, -0.15) is 0 Å². The van der Waals surface area contributed by atoms with Crippen molar-refractivity contribution in [3.8, 4) is 16.9 Å². The number of benzene rings is 3. The summed E-state index contributed by atoms with van der Waals surface area (Å²) in [7, 11) is -1.52. The maximum Gasteiger partial charge on any atom is 0.232 e. The molecule has 0 saturated heterocycles. The molecule has 3 aromatic carbocycles. The number of hydrogen-bond donors (Lipinski definition) is 1. The number of fused-ring (bicyclic) bond motifs is 1. The van der Waals surface area contributed by atoms with Gasteiger partial charge in [0.25, 0.3) is 0 Å². The van der Waals surface area contributed by atoms with Crippen molar-refractivity contribution in [1.82, 2.24) is 9.71 Å². The molecule has 5 aromatic rings. The Morgan fingerprint density at radius 2 is 1.84 bits per heavy atom. The lowest BCUT2D eigenvalue weighted by Crippen LogP contribution is -2.25. The van der Waals surface area contributed by atoms with Crippen LogP contribution < -0.4 is 9.46 Å². The molecule has 0 aliphatic heterocycles. The molecule has 1 unspecified atom stereocenters. The average Bonchev–Trinajstić information content (AvgIpc) is 3.46. The number of aryl methyl sites for hydroxylation is 1. The largest absolute Gasteiger partial charge is 0.487 e. The Balaban J connectivity index is 1.25. The Kier molecular flexibility index (Phi) is 7.94. The summed E-state index contributed by atoms with van der Waals surface area (Å²) >= 11 is 7.46. The van der Waals surface area contributed by atoms with Gasteiger partial charge in [-0.3, -0.25) is 9.52 Å². The van der Waals surface area contributed by atoms with Gasteiger partial charge in [0.15, 0.2) is 11.0 Å². The molecule has 0 aliphatic carbocycles. The van der Waals surface area contributed by atoms with Crippen molar-refractivity contribution < 1.29 is 13.7 Å². The van der Waals surface area contributed by atoms with Crippen LogP contribution in [0, 0.1) is 0 Å². The number of ether oxygens (including phenoxy) is 1. The van der Waals surface area contributed by atoms with Crippen LogP contribution in [0.1, 0.15) is 17.7 Å². The van der Waals surface area contributed by atoms with E-state index in [0.717, 1.165) is 39.0 Å². The van der Waals surface area contributed by atoms with Crippen molar-refractivity contribution >= 4 is 50.7 Å². The first-order valence-electron chi connectivity index (χ1n) is 11.7. The highest BCUT2D eigenvalue weighted by molar-refractivity contribution is 7.86. The fourth-order valence-electron chi connectivity index (χ4n) is 3.97. The Bertz CT molecular complexity index is 1570. The molecule has 186 valence electrons. The summed E-state index contributed by atoms with van der Waals surface area (Å²) in [6, 6.07) is 29.0. The molecule has 1 atom stereocenters. The van der Waals surface area contributed by atoms with Crippen molar-refractivity contribution in [2.75, 3.05) is 0 Å². The monoisotopic (exact) mass is 546 g/mol. The van der Waals surface area contributed by atoms with Gasteiger partial charge >= 0.3 is 0 Å². The maximum absolute atomic E-state index is 12.4. The van der Waals surface area contributed by atoms with Crippen molar-refractivity contribution in [3.05, 3.63) is 113 Å². The molecule has 37 heavy (non-hydrogen) atoms. The van der Waals surface area contributed by atoms with E-state index in [4.69, 9.17) is 16.3 Å². The van der Waals surface area contributed by atoms with E-state index in [1.165, 1.54) is 11.3 Å². The van der Waals surface area contributed by atoms with Crippen LogP contribution in [0.4, 0.5) is 0 Å². The fourth-order valence-corrected chi connectivity index (χ4v) is 5.83. The highest BCUT2D eigenvalue weighted by Crippen LogP contribution is 2.28. The van der Waals surface area contributed by atoms with Crippen molar-refractivity contribution in [2.24, 2.45) is 0 Å². The maximum atomic E-state index is 12.4. The van der Waals surface area contributed by atoms with E-state index in [1.54, 1.807) is 6.07 Å². The van der Waals surface area contributed by atoms with Crippen molar-refractivity contribution in [3.63, 3.8) is 0 Å². The number of hydrogen-bond acceptors (Lipinski definition) is 5. The van der Waals surface area contributed by atoms with E-state index in [2.05, 4.69) is 9.71 Å². The van der Waals surface area contributed by atoms with Crippen LogP contribution in [-0.2, 0) is 28.8 Å². The van der Waals surface area contributed by atoms with Gasteiger partial charge in [0, 0.05) is 16.8 Å². The van der Waals surface area contributed by atoms with Gasteiger partial charge < -0.3 is 4.74 Å². The number of aromatic nitrogens is 1. The molecule has 1 N–H and O–H groups in total. The minimum absolute atomic E-state index is 0.238. The van der Waals surface area contributed by atoms with Crippen molar-refractivity contribution in [2.45, 2.75) is 23.7 Å². The number of amides is 1. The number of carbonyl (C=O) groups excluding carboxylic acids is 1. The first-order chi connectivity index (χ1) is 18.0. The number of thiophene rings is 1. The second kappa shape index (κ2) is 11.7. The number of halogens is 1. The van der Waals surface area contributed by atoms with Gasteiger partial charge in [0.05, 0.1) is 11.2 Å². The summed E-state index contributed by atoms with van der Waals surface area (Å²) in [5.41, 5.74) is 4.70. The Morgan fingerprint density at radius 3 is 2.70 bits per heavy atom. The predicted octanol–water partition coefficient (Wildman–Crippen LogP) is 6.97. The summed E-state index contributed by atoms with van der Waals surface area (Å²) in [4.78, 5) is 17.1. The summed E-state index contributed by atoms with van der Waals surface area (Å²) in [6.45, 7) is 0.328. The van der Waals surface area contributed by atoms with E-state index < -0.39 is 11.0 Å². The van der Waals surface area contributed by atoms with E-state index in [9.17, 15) is 9.00 Å². The van der Waals surface area contributed by atoms with Gasteiger partial charge in [0.1, 0.15) is 16.6 Å². The lowest BCUT2D eigenvalue weighted by atomic mass is 9.96. The van der Waals surface area contributed by atoms with E-state index in [0.29, 0.717) is 22.3 Å².